The number of carboxylic acid groups (broad SMARTS) is 1. The number of hydrogen-bond donors (Lipinski definition) is 1. The van der Waals surface area contributed by atoms with Crippen LogP contribution >= 0.6 is 0 Å². The lowest BCUT2D eigenvalue weighted by atomic mass is 10.1. The number of carboxylic acids is 1. The van der Waals surface area contributed by atoms with Gasteiger partial charge in [0.05, 0.1) is 17.6 Å². The smallest absolute Gasteiger partial charge is 0.328 e. The van der Waals surface area contributed by atoms with Crippen LogP contribution < -0.4 is 4.90 Å². The molecule has 1 fully saturated rings. The second-order valence-corrected chi connectivity index (χ2v) is 6.26. The van der Waals surface area contributed by atoms with Crippen molar-refractivity contribution in [3.8, 4) is 0 Å². The largest absolute Gasteiger partial charge is 0.480 e. The Kier molecular flexibility index (Phi) is 4.37. The van der Waals surface area contributed by atoms with Gasteiger partial charge < -0.3 is 14.9 Å². The van der Waals surface area contributed by atoms with Crippen molar-refractivity contribution in [3.63, 3.8) is 0 Å². The van der Waals surface area contributed by atoms with Crippen LogP contribution in [0.3, 0.4) is 0 Å². The zero-order chi connectivity index (χ0) is 18.8. The zero-order valence-electron chi connectivity index (χ0n) is 14.4. The van der Waals surface area contributed by atoms with E-state index >= 15 is 0 Å². The summed E-state index contributed by atoms with van der Waals surface area (Å²) in [6, 6.07) is 9.95. The number of hydrogen-bond acceptors (Lipinski definition) is 6. The fourth-order valence-electron chi connectivity index (χ4n) is 3.23. The van der Waals surface area contributed by atoms with E-state index < -0.39 is 12.0 Å². The molecule has 0 bridgehead atoms. The quantitative estimate of drug-likeness (QED) is 0.751. The summed E-state index contributed by atoms with van der Waals surface area (Å²) in [5, 5.41) is 10.5. The first-order valence-corrected chi connectivity index (χ1v) is 8.54. The van der Waals surface area contributed by atoms with Crippen LogP contribution in [0.15, 0.2) is 55.0 Å². The topological polar surface area (TPSA) is 99.5 Å². The number of anilines is 1. The fraction of sp³-hybridized carbons (Fsp3) is 0.211. The van der Waals surface area contributed by atoms with Crippen LogP contribution in [0, 0.1) is 0 Å². The number of pyridine rings is 1. The highest BCUT2D eigenvalue weighted by atomic mass is 16.4. The molecule has 27 heavy (non-hydrogen) atoms. The maximum Gasteiger partial charge on any atom is 0.328 e. The van der Waals surface area contributed by atoms with Gasteiger partial charge >= 0.3 is 5.97 Å². The van der Waals surface area contributed by atoms with Crippen molar-refractivity contribution in [2.24, 2.45) is 0 Å². The lowest BCUT2D eigenvalue weighted by Gasteiger charge is -2.39. The van der Waals surface area contributed by atoms with Gasteiger partial charge in [0.15, 0.2) is 0 Å². The molecule has 0 aliphatic carbocycles. The maximum absolute atomic E-state index is 13.0. The molecule has 1 aromatic carbocycles. The number of rotatable bonds is 3. The molecule has 1 saturated heterocycles. The van der Waals surface area contributed by atoms with Crippen LogP contribution in [0.2, 0.25) is 0 Å². The molecule has 1 amide bonds. The first kappa shape index (κ1) is 16.9. The summed E-state index contributed by atoms with van der Waals surface area (Å²) in [5.74, 6) is -0.935. The van der Waals surface area contributed by atoms with E-state index in [1.165, 1.54) is 11.1 Å². The van der Waals surface area contributed by atoms with E-state index in [9.17, 15) is 14.7 Å². The minimum absolute atomic E-state index is 0.131. The fourth-order valence-corrected chi connectivity index (χ4v) is 3.23. The van der Waals surface area contributed by atoms with Gasteiger partial charge in [-0.15, -0.1) is 0 Å². The van der Waals surface area contributed by atoms with E-state index in [1.54, 1.807) is 29.4 Å². The molecule has 0 spiro atoms. The summed E-state index contributed by atoms with van der Waals surface area (Å²) >= 11 is 0. The van der Waals surface area contributed by atoms with Gasteiger partial charge in [-0.3, -0.25) is 9.78 Å². The molecular formula is C19H17N5O3. The Hall–Kier alpha value is -3.55. The van der Waals surface area contributed by atoms with Gasteiger partial charge in [0, 0.05) is 37.1 Å². The normalized spacial score (nSPS) is 17.1. The van der Waals surface area contributed by atoms with Crippen molar-refractivity contribution in [2.45, 2.75) is 6.04 Å². The second kappa shape index (κ2) is 6.99. The lowest BCUT2D eigenvalue weighted by Crippen LogP contribution is -2.58. The number of aliphatic carboxylic acids is 1. The Morgan fingerprint density at radius 1 is 1.04 bits per heavy atom. The highest BCUT2D eigenvalue weighted by Crippen LogP contribution is 2.19. The Morgan fingerprint density at radius 3 is 2.59 bits per heavy atom. The number of piperazine rings is 1. The van der Waals surface area contributed by atoms with Gasteiger partial charge in [0.1, 0.15) is 6.04 Å². The van der Waals surface area contributed by atoms with E-state index in [-0.39, 0.29) is 19.0 Å². The van der Waals surface area contributed by atoms with E-state index in [0.717, 1.165) is 10.9 Å². The van der Waals surface area contributed by atoms with Gasteiger partial charge in [-0.05, 0) is 18.2 Å². The van der Waals surface area contributed by atoms with Crippen LogP contribution in [0.1, 0.15) is 10.4 Å². The lowest BCUT2D eigenvalue weighted by molar-refractivity contribution is -0.142. The third kappa shape index (κ3) is 3.29. The molecule has 1 atom stereocenters. The Morgan fingerprint density at radius 2 is 1.81 bits per heavy atom. The van der Waals surface area contributed by atoms with Gasteiger partial charge in [-0.1, -0.05) is 18.2 Å². The first-order valence-electron chi connectivity index (χ1n) is 8.54. The van der Waals surface area contributed by atoms with E-state index in [0.29, 0.717) is 18.1 Å². The number of carbonyl (C=O) groups excluding carboxylic acids is 1. The summed E-state index contributed by atoms with van der Waals surface area (Å²) in [7, 11) is 0. The molecule has 136 valence electrons. The maximum atomic E-state index is 13.0. The van der Waals surface area contributed by atoms with Crippen molar-refractivity contribution in [3.05, 3.63) is 60.6 Å². The predicted molar refractivity (Wildman–Crippen MR) is 98.4 cm³/mol. The Bertz CT molecular complexity index is 995. The molecule has 2 aromatic heterocycles. The van der Waals surface area contributed by atoms with Crippen LogP contribution in [0.25, 0.3) is 10.9 Å². The minimum atomic E-state index is -1.06. The summed E-state index contributed by atoms with van der Waals surface area (Å²) < 4.78 is 0. The van der Waals surface area contributed by atoms with Gasteiger partial charge in [0.2, 0.25) is 5.95 Å². The summed E-state index contributed by atoms with van der Waals surface area (Å²) in [6.45, 7) is 0.855. The molecule has 1 N–H and O–H groups in total. The number of carbonyl (C=O) groups is 2. The highest BCUT2D eigenvalue weighted by molar-refractivity contribution is 5.99. The number of para-hydroxylation sites is 1. The van der Waals surface area contributed by atoms with E-state index in [1.807, 2.05) is 24.3 Å². The third-order valence-corrected chi connectivity index (χ3v) is 4.60. The van der Waals surface area contributed by atoms with Crippen molar-refractivity contribution >= 4 is 28.7 Å². The molecule has 3 aromatic rings. The number of fused-ring (bicyclic) bond motifs is 1. The molecule has 0 unspecified atom stereocenters. The average Bonchev–Trinajstić information content (AvgIpc) is 2.73. The molecule has 0 saturated carbocycles. The highest BCUT2D eigenvalue weighted by Gasteiger charge is 2.36. The minimum Gasteiger partial charge on any atom is -0.480 e. The molecule has 1 aliphatic heterocycles. The first-order chi connectivity index (χ1) is 13.1. The van der Waals surface area contributed by atoms with Crippen LogP contribution in [0.5, 0.6) is 0 Å². The molecule has 3 heterocycles. The van der Waals surface area contributed by atoms with E-state index in [2.05, 4.69) is 15.0 Å². The van der Waals surface area contributed by atoms with Crippen molar-refractivity contribution in [2.75, 3.05) is 24.5 Å². The zero-order valence-corrected chi connectivity index (χ0v) is 14.4. The number of amides is 1. The van der Waals surface area contributed by atoms with Gasteiger partial charge in [-0.25, -0.2) is 14.8 Å². The average molecular weight is 363 g/mol. The molecule has 4 rings (SSSR count). The number of benzene rings is 1. The summed E-state index contributed by atoms with van der Waals surface area (Å²) in [6.07, 6.45) is 4.71. The van der Waals surface area contributed by atoms with Crippen LogP contribution in [-0.4, -0.2) is 62.5 Å². The number of aromatic nitrogens is 3. The van der Waals surface area contributed by atoms with Crippen LogP contribution in [0.4, 0.5) is 5.95 Å². The number of nitrogens with zero attached hydrogens (tertiary/aromatic N) is 5. The van der Waals surface area contributed by atoms with E-state index in [4.69, 9.17) is 0 Å². The van der Waals surface area contributed by atoms with Crippen molar-refractivity contribution < 1.29 is 14.7 Å². The Balaban J connectivity index is 1.59. The van der Waals surface area contributed by atoms with Crippen molar-refractivity contribution in [1.82, 2.24) is 19.9 Å². The Labute approximate surface area is 155 Å². The molecule has 0 radical (unpaired) electrons. The molecule has 8 nitrogen and oxygen atoms in total. The van der Waals surface area contributed by atoms with Crippen LogP contribution in [-0.2, 0) is 4.79 Å². The third-order valence-electron chi connectivity index (χ3n) is 4.60. The van der Waals surface area contributed by atoms with Crippen molar-refractivity contribution in [1.29, 1.82) is 0 Å². The predicted octanol–water partition coefficient (Wildman–Crippen LogP) is 1.44. The summed E-state index contributed by atoms with van der Waals surface area (Å²) in [4.78, 5) is 40.6. The SMILES string of the molecule is O=C(O)[C@@H]1CN(c2ncccn2)CCN1C(=O)c1cnc2ccccc2c1. The monoisotopic (exact) mass is 363 g/mol. The molecular weight excluding hydrogens is 346 g/mol. The van der Waals surface area contributed by atoms with Gasteiger partial charge in [0.25, 0.3) is 5.91 Å². The summed E-state index contributed by atoms with van der Waals surface area (Å²) in [5.41, 5.74) is 1.17. The molecule has 8 heteroatoms. The standard InChI is InChI=1S/C19H17N5O3/c25-17(14-10-13-4-1-2-5-15(13)22-11-14)24-9-8-23(12-16(24)18(26)27)19-20-6-3-7-21-19/h1-7,10-11,16H,8-9,12H2,(H,26,27)/t16-/m0/s1. The second-order valence-electron chi connectivity index (χ2n) is 6.26. The van der Waals surface area contributed by atoms with Gasteiger partial charge in [-0.2, -0.15) is 0 Å². The molecule has 1 aliphatic rings.